The standard InChI is InChI=1S/C28H34F2N2O7S/c1-4-32(37)40(38,39)28-25(18-5-9-20(29)10-6-18)27(19-7-11-21(30)12-8-19)31(26(28)17(2)3)14-13-22(33)15-23(34)16-24(35)36/h5-12,17,22-23,33-34,37H,4,13-16H2,1-3H3,(H,35,36)/t22-,23-/m1/s1. The second kappa shape index (κ2) is 13.0. The molecule has 12 heteroatoms. The third-order valence-electron chi connectivity index (χ3n) is 6.50. The molecule has 0 saturated heterocycles. The molecule has 9 nitrogen and oxygen atoms in total. The number of hydrogen-bond donors (Lipinski definition) is 4. The predicted octanol–water partition coefficient (Wildman–Crippen LogP) is 4.60. The van der Waals surface area contributed by atoms with Gasteiger partial charge in [-0.25, -0.2) is 17.2 Å². The zero-order valence-electron chi connectivity index (χ0n) is 22.5. The minimum absolute atomic E-state index is 0.0121. The number of carboxylic acids is 1. The Morgan fingerprint density at radius 3 is 1.95 bits per heavy atom. The molecule has 0 amide bonds. The van der Waals surface area contributed by atoms with Crippen LogP contribution in [0.4, 0.5) is 8.78 Å². The van der Waals surface area contributed by atoms with Crippen LogP contribution < -0.4 is 0 Å². The normalized spacial score (nSPS) is 13.7. The van der Waals surface area contributed by atoms with Crippen molar-refractivity contribution in [1.29, 1.82) is 0 Å². The number of benzene rings is 2. The van der Waals surface area contributed by atoms with E-state index in [1.807, 2.05) is 0 Å². The molecule has 4 N–H and O–H groups in total. The Morgan fingerprint density at radius 2 is 1.48 bits per heavy atom. The molecule has 2 aromatic carbocycles. The van der Waals surface area contributed by atoms with Gasteiger partial charge in [0.1, 0.15) is 16.5 Å². The van der Waals surface area contributed by atoms with Crippen molar-refractivity contribution in [2.45, 2.75) is 69.6 Å². The fourth-order valence-electron chi connectivity index (χ4n) is 4.74. The summed E-state index contributed by atoms with van der Waals surface area (Å²) in [5.41, 5.74) is 1.58. The summed E-state index contributed by atoms with van der Waals surface area (Å²) in [5, 5.41) is 40.0. The molecule has 0 aliphatic carbocycles. The third kappa shape index (κ3) is 6.94. The van der Waals surface area contributed by atoms with Gasteiger partial charge in [-0.15, -0.1) is 0 Å². The highest BCUT2D eigenvalue weighted by molar-refractivity contribution is 7.89. The monoisotopic (exact) mass is 580 g/mol. The second-order valence-electron chi connectivity index (χ2n) is 9.83. The summed E-state index contributed by atoms with van der Waals surface area (Å²) in [6.45, 7) is 4.76. The Bertz CT molecular complexity index is 1420. The molecule has 0 aliphatic heterocycles. The highest BCUT2D eigenvalue weighted by atomic mass is 32.2. The van der Waals surface area contributed by atoms with Crippen LogP contribution >= 0.6 is 0 Å². The van der Waals surface area contributed by atoms with Gasteiger partial charge in [0.2, 0.25) is 0 Å². The second-order valence-corrected chi connectivity index (χ2v) is 11.6. The fourth-order valence-corrected chi connectivity index (χ4v) is 6.38. The molecule has 218 valence electrons. The molecular formula is C28H34F2N2O7S. The van der Waals surface area contributed by atoms with Crippen LogP contribution in [-0.4, -0.2) is 62.7 Å². The first-order valence-electron chi connectivity index (χ1n) is 12.9. The van der Waals surface area contributed by atoms with E-state index in [9.17, 15) is 37.4 Å². The first-order valence-corrected chi connectivity index (χ1v) is 14.3. The molecule has 40 heavy (non-hydrogen) atoms. The highest BCUT2D eigenvalue weighted by Gasteiger charge is 2.36. The van der Waals surface area contributed by atoms with Gasteiger partial charge in [0.05, 0.1) is 24.3 Å². The van der Waals surface area contributed by atoms with E-state index >= 15 is 0 Å². The Labute approximate surface area is 231 Å². The maximum Gasteiger partial charge on any atom is 0.305 e. The van der Waals surface area contributed by atoms with Crippen molar-refractivity contribution in [1.82, 2.24) is 9.04 Å². The molecule has 0 bridgehead atoms. The van der Waals surface area contributed by atoms with Gasteiger partial charge in [-0.2, -0.15) is 0 Å². The van der Waals surface area contributed by atoms with Crippen molar-refractivity contribution in [3.63, 3.8) is 0 Å². The molecule has 3 aromatic rings. The van der Waals surface area contributed by atoms with E-state index in [-0.39, 0.29) is 40.9 Å². The number of carboxylic acid groups (broad SMARTS) is 1. The molecule has 0 fully saturated rings. The Hall–Kier alpha value is -3.16. The maximum absolute atomic E-state index is 13.9. The van der Waals surface area contributed by atoms with Crippen LogP contribution in [0.15, 0.2) is 53.4 Å². The number of carbonyl (C=O) groups is 1. The fraction of sp³-hybridized carbons (Fsp3) is 0.393. The van der Waals surface area contributed by atoms with Crippen molar-refractivity contribution >= 4 is 16.0 Å². The summed E-state index contributed by atoms with van der Waals surface area (Å²) in [6, 6.07) is 10.5. The van der Waals surface area contributed by atoms with Crippen molar-refractivity contribution in [2.24, 2.45) is 0 Å². The number of aliphatic hydroxyl groups is 2. The van der Waals surface area contributed by atoms with Crippen molar-refractivity contribution in [3.8, 4) is 22.4 Å². The van der Waals surface area contributed by atoms with Crippen LogP contribution in [0.25, 0.3) is 22.4 Å². The van der Waals surface area contributed by atoms with Crippen molar-refractivity contribution in [3.05, 3.63) is 65.9 Å². The summed E-state index contributed by atoms with van der Waals surface area (Å²) in [5.74, 6) is -2.70. The molecule has 2 atom stereocenters. The van der Waals surface area contributed by atoms with Crippen molar-refractivity contribution < 1.29 is 42.5 Å². The molecule has 0 spiro atoms. The van der Waals surface area contributed by atoms with Crippen LogP contribution in [-0.2, 0) is 21.4 Å². The van der Waals surface area contributed by atoms with E-state index in [1.54, 1.807) is 18.4 Å². The lowest BCUT2D eigenvalue weighted by molar-refractivity contribution is -0.139. The first-order chi connectivity index (χ1) is 18.8. The van der Waals surface area contributed by atoms with E-state index in [1.165, 1.54) is 55.5 Å². The summed E-state index contributed by atoms with van der Waals surface area (Å²) in [6.07, 6.45) is -3.15. The molecule has 0 radical (unpaired) electrons. The quantitative estimate of drug-likeness (QED) is 0.217. The summed E-state index contributed by atoms with van der Waals surface area (Å²) >= 11 is 0. The zero-order chi connectivity index (χ0) is 29.8. The number of halogens is 2. The van der Waals surface area contributed by atoms with Gasteiger partial charge < -0.3 is 19.9 Å². The van der Waals surface area contributed by atoms with E-state index in [0.717, 1.165) is 0 Å². The summed E-state index contributed by atoms with van der Waals surface area (Å²) in [7, 11) is -4.51. The smallest absolute Gasteiger partial charge is 0.305 e. The minimum Gasteiger partial charge on any atom is -0.481 e. The van der Waals surface area contributed by atoms with E-state index in [0.29, 0.717) is 22.5 Å². The number of hydrogen-bond acceptors (Lipinski definition) is 6. The van der Waals surface area contributed by atoms with Crippen LogP contribution in [0.3, 0.4) is 0 Å². The van der Waals surface area contributed by atoms with Gasteiger partial charge in [0.25, 0.3) is 10.0 Å². The minimum atomic E-state index is -4.51. The molecule has 0 unspecified atom stereocenters. The molecule has 1 aromatic heterocycles. The number of aliphatic hydroxyl groups excluding tert-OH is 2. The number of rotatable bonds is 13. The predicted molar refractivity (Wildman–Crippen MR) is 144 cm³/mol. The summed E-state index contributed by atoms with van der Waals surface area (Å²) in [4.78, 5) is 10.7. The molecule has 0 saturated carbocycles. The van der Waals surface area contributed by atoms with Gasteiger partial charge >= 0.3 is 5.97 Å². The maximum atomic E-state index is 13.9. The number of sulfonamides is 1. The van der Waals surface area contributed by atoms with Crippen LogP contribution in [0.5, 0.6) is 0 Å². The number of aliphatic carboxylic acids is 1. The largest absolute Gasteiger partial charge is 0.481 e. The van der Waals surface area contributed by atoms with Crippen LogP contribution in [0, 0.1) is 11.6 Å². The average Bonchev–Trinajstić information content (AvgIpc) is 3.23. The lowest BCUT2D eigenvalue weighted by Gasteiger charge is -2.20. The Balaban J connectivity index is 2.33. The lowest BCUT2D eigenvalue weighted by atomic mass is 10.00. The van der Waals surface area contributed by atoms with Gasteiger partial charge in [-0.1, -0.05) is 30.4 Å². The van der Waals surface area contributed by atoms with E-state index in [4.69, 9.17) is 5.11 Å². The van der Waals surface area contributed by atoms with E-state index < -0.39 is 52.2 Å². The Kier molecular flexibility index (Phi) is 10.2. The lowest BCUT2D eigenvalue weighted by Crippen LogP contribution is -2.28. The first kappa shape index (κ1) is 31.4. The molecule has 3 rings (SSSR count). The average molecular weight is 581 g/mol. The van der Waals surface area contributed by atoms with Crippen LogP contribution in [0.1, 0.15) is 51.6 Å². The third-order valence-corrected chi connectivity index (χ3v) is 8.24. The zero-order valence-corrected chi connectivity index (χ0v) is 23.3. The Morgan fingerprint density at radius 1 is 0.950 bits per heavy atom. The van der Waals surface area contributed by atoms with E-state index in [2.05, 4.69) is 0 Å². The van der Waals surface area contributed by atoms with Gasteiger partial charge in [0, 0.05) is 24.3 Å². The molecule has 0 aliphatic rings. The van der Waals surface area contributed by atoms with Gasteiger partial charge in [-0.3, -0.25) is 10.0 Å². The number of hydroxylamine groups is 1. The highest BCUT2D eigenvalue weighted by Crippen LogP contribution is 2.45. The SMILES string of the molecule is CCN(O)S(=O)(=O)c1c(-c2ccc(F)cc2)c(-c2ccc(F)cc2)n(CC[C@@H](O)C[C@@H](O)CC(=O)O)c1C(C)C. The number of nitrogens with zero attached hydrogens (tertiary/aromatic N) is 2. The van der Waals surface area contributed by atoms with Crippen LogP contribution in [0.2, 0.25) is 0 Å². The summed E-state index contributed by atoms with van der Waals surface area (Å²) < 4.78 is 57.2. The van der Waals surface area contributed by atoms with Gasteiger partial charge in [0.15, 0.2) is 0 Å². The number of aromatic nitrogens is 1. The molecular weight excluding hydrogens is 546 g/mol. The van der Waals surface area contributed by atoms with Crippen molar-refractivity contribution in [2.75, 3.05) is 6.54 Å². The molecule has 1 heterocycles. The topological polar surface area (TPSA) is 140 Å². The van der Waals surface area contributed by atoms with Gasteiger partial charge in [-0.05, 0) is 73.2 Å².